The molecule has 3 rings (SSSR count). The molecule has 0 spiro atoms. The van der Waals surface area contributed by atoms with Crippen molar-refractivity contribution in [2.24, 2.45) is 5.92 Å². The minimum absolute atomic E-state index is 0.0819. The number of esters is 1. The third-order valence-corrected chi connectivity index (χ3v) is 7.18. The molecule has 2 N–H and O–H groups in total. The van der Waals surface area contributed by atoms with E-state index in [0.717, 1.165) is 0 Å². The van der Waals surface area contributed by atoms with Crippen molar-refractivity contribution < 1.29 is 23.4 Å². The van der Waals surface area contributed by atoms with Crippen molar-refractivity contribution in [2.75, 3.05) is 38.4 Å². The summed E-state index contributed by atoms with van der Waals surface area (Å²) >= 11 is 0. The van der Waals surface area contributed by atoms with E-state index in [0.29, 0.717) is 43.1 Å². The number of nitrogens with zero attached hydrogens (tertiary/aromatic N) is 5. The number of anilines is 1. The summed E-state index contributed by atoms with van der Waals surface area (Å²) in [5.74, 6) is -0.157. The first-order chi connectivity index (χ1) is 14.4. The van der Waals surface area contributed by atoms with Crippen molar-refractivity contribution in [1.82, 2.24) is 24.2 Å². The number of aromatic nitrogens is 4. The Kier molecular flexibility index (Phi) is 7.41. The summed E-state index contributed by atoms with van der Waals surface area (Å²) in [6.45, 7) is 7.39. The molecule has 11 nitrogen and oxygen atoms in total. The first-order valence-corrected chi connectivity index (χ1v) is 11.8. The average Bonchev–Trinajstić information content (AvgIpc) is 3.12. The lowest BCUT2D eigenvalue weighted by Gasteiger charge is -2.40. The Morgan fingerprint density at radius 3 is 2.90 bits per heavy atom. The van der Waals surface area contributed by atoms with Gasteiger partial charge in [-0.05, 0) is 19.3 Å². The monoisotopic (exact) mass is 440 g/mol. The van der Waals surface area contributed by atoms with E-state index in [1.54, 1.807) is 22.5 Å². The molecule has 0 unspecified atom stereocenters. The van der Waals surface area contributed by atoms with Crippen LogP contribution in [0.3, 0.4) is 0 Å². The number of nitrogens with two attached hydrogens (primary N) is 1. The van der Waals surface area contributed by atoms with Crippen LogP contribution in [0.25, 0.3) is 11.2 Å². The maximum Gasteiger partial charge on any atom is 0.324 e. The van der Waals surface area contributed by atoms with Gasteiger partial charge in [-0.15, -0.1) is 0 Å². The van der Waals surface area contributed by atoms with Crippen LogP contribution >= 0.6 is 7.52 Å². The Balaban J connectivity index is 1.65. The van der Waals surface area contributed by atoms with Crippen LogP contribution in [0.5, 0.6) is 0 Å². The number of hydrogen-bond donors (Lipinski definition) is 1. The molecule has 0 saturated carbocycles. The van der Waals surface area contributed by atoms with Gasteiger partial charge >= 0.3 is 5.97 Å². The van der Waals surface area contributed by atoms with Crippen molar-refractivity contribution in [1.29, 1.82) is 0 Å². The quantitative estimate of drug-likeness (QED) is 0.350. The number of rotatable bonds is 9. The molecule has 1 fully saturated rings. The van der Waals surface area contributed by atoms with E-state index in [1.165, 1.54) is 6.33 Å². The Labute approximate surface area is 175 Å². The fourth-order valence-electron chi connectivity index (χ4n) is 3.47. The van der Waals surface area contributed by atoms with Gasteiger partial charge in [0.25, 0.3) is 7.52 Å². The highest BCUT2D eigenvalue weighted by molar-refractivity contribution is 7.56. The molecule has 0 aliphatic carbocycles. The second kappa shape index (κ2) is 9.82. The van der Waals surface area contributed by atoms with Gasteiger partial charge in [0, 0.05) is 13.1 Å². The highest BCUT2D eigenvalue weighted by atomic mass is 31.2. The zero-order chi connectivity index (χ0) is 21.7. The number of imidazole rings is 1. The molecule has 0 amide bonds. The summed E-state index contributed by atoms with van der Waals surface area (Å²) < 4.78 is 33.6. The minimum Gasteiger partial charge on any atom is -0.465 e. The molecule has 0 aromatic carbocycles. The maximum absolute atomic E-state index is 13.6. The molecule has 2 atom stereocenters. The summed E-state index contributed by atoms with van der Waals surface area (Å²) in [5.41, 5.74) is 6.93. The van der Waals surface area contributed by atoms with Crippen LogP contribution in [0, 0.1) is 5.92 Å². The molecule has 1 saturated heterocycles. The van der Waals surface area contributed by atoms with E-state index >= 15 is 0 Å². The van der Waals surface area contributed by atoms with Gasteiger partial charge in [0.2, 0.25) is 0 Å². The van der Waals surface area contributed by atoms with E-state index in [-0.39, 0.29) is 31.4 Å². The molecule has 30 heavy (non-hydrogen) atoms. The molecular formula is C18H29N6O5P. The summed E-state index contributed by atoms with van der Waals surface area (Å²) in [4.78, 5) is 24.8. The molecule has 0 bridgehead atoms. The van der Waals surface area contributed by atoms with Gasteiger partial charge in [-0.1, -0.05) is 13.8 Å². The second-order valence-electron chi connectivity index (χ2n) is 7.33. The molecule has 2 aromatic heterocycles. The van der Waals surface area contributed by atoms with Crippen molar-refractivity contribution >= 4 is 30.5 Å². The summed E-state index contributed by atoms with van der Waals surface area (Å²) in [5, 5.41) is 0. The predicted molar refractivity (Wildman–Crippen MR) is 111 cm³/mol. The van der Waals surface area contributed by atoms with Crippen molar-refractivity contribution in [3.63, 3.8) is 0 Å². The highest BCUT2D eigenvalue weighted by Gasteiger charge is 2.44. The fourth-order valence-corrected chi connectivity index (χ4v) is 5.80. The van der Waals surface area contributed by atoms with Crippen LogP contribution in [-0.2, 0) is 29.9 Å². The molecule has 1 aliphatic heterocycles. The van der Waals surface area contributed by atoms with Gasteiger partial charge in [0.15, 0.2) is 11.5 Å². The molecule has 12 heteroatoms. The zero-order valence-corrected chi connectivity index (χ0v) is 18.5. The van der Waals surface area contributed by atoms with E-state index in [9.17, 15) is 9.36 Å². The summed E-state index contributed by atoms with van der Waals surface area (Å²) in [7, 11) is -3.33. The Morgan fingerprint density at radius 1 is 1.37 bits per heavy atom. The van der Waals surface area contributed by atoms with E-state index in [4.69, 9.17) is 19.7 Å². The van der Waals surface area contributed by atoms with Gasteiger partial charge in [0.05, 0.1) is 26.1 Å². The van der Waals surface area contributed by atoms with Crippen molar-refractivity contribution in [3.05, 3.63) is 12.7 Å². The van der Waals surface area contributed by atoms with Crippen molar-refractivity contribution in [2.45, 2.75) is 39.8 Å². The van der Waals surface area contributed by atoms with Crippen molar-refractivity contribution in [3.8, 4) is 0 Å². The first-order valence-electron chi connectivity index (χ1n) is 10.0. The minimum atomic E-state index is -3.33. The van der Waals surface area contributed by atoms with Crippen LogP contribution in [-0.4, -0.2) is 68.9 Å². The third-order valence-electron chi connectivity index (χ3n) is 4.86. The van der Waals surface area contributed by atoms with Crippen LogP contribution in [0.1, 0.15) is 27.2 Å². The third kappa shape index (κ3) is 4.80. The Bertz CT molecular complexity index is 920. The fraction of sp³-hybridized carbons (Fsp3) is 0.667. The molecule has 166 valence electrons. The number of ether oxygens (including phenoxy) is 2. The summed E-state index contributed by atoms with van der Waals surface area (Å²) in [6, 6.07) is -0.642. The van der Waals surface area contributed by atoms with E-state index in [1.807, 2.05) is 13.8 Å². The molecular weight excluding hydrogens is 411 g/mol. The van der Waals surface area contributed by atoms with Crippen LogP contribution in [0.15, 0.2) is 12.7 Å². The number of hydrogen-bond acceptors (Lipinski definition) is 9. The second-order valence-corrected chi connectivity index (χ2v) is 9.64. The molecule has 3 heterocycles. The zero-order valence-electron chi connectivity index (χ0n) is 17.6. The number of fused-ring (bicyclic) bond motifs is 1. The van der Waals surface area contributed by atoms with Gasteiger partial charge in [0.1, 0.15) is 24.2 Å². The highest BCUT2D eigenvalue weighted by Crippen LogP contribution is 2.55. The first kappa shape index (κ1) is 22.6. The average molecular weight is 440 g/mol. The number of nitrogen functional groups attached to an aromatic ring is 1. The lowest BCUT2D eigenvalue weighted by Crippen LogP contribution is -2.47. The maximum atomic E-state index is 13.6. The largest absolute Gasteiger partial charge is 0.465 e. The van der Waals surface area contributed by atoms with Gasteiger partial charge < -0.3 is 24.3 Å². The van der Waals surface area contributed by atoms with E-state index in [2.05, 4.69) is 15.0 Å². The normalized spacial score (nSPS) is 21.2. The van der Waals surface area contributed by atoms with Crippen LogP contribution in [0.4, 0.5) is 5.82 Å². The SMILES string of the molecule is CCOC(=O)[C@H](C(C)C)N1CCCO[P@@]1(=O)COCCn1cnc2c(N)ncnc21. The molecule has 0 radical (unpaired) electrons. The Hall–Kier alpha value is -2.07. The summed E-state index contributed by atoms with van der Waals surface area (Å²) in [6.07, 6.45) is 3.57. The van der Waals surface area contributed by atoms with Gasteiger partial charge in [-0.25, -0.2) is 19.6 Å². The van der Waals surface area contributed by atoms with Crippen LogP contribution < -0.4 is 5.73 Å². The smallest absolute Gasteiger partial charge is 0.324 e. The number of carbonyl (C=O) groups excluding carboxylic acids is 1. The predicted octanol–water partition coefficient (Wildman–Crippen LogP) is 1.89. The Morgan fingerprint density at radius 2 is 2.17 bits per heavy atom. The molecule has 2 aromatic rings. The lowest BCUT2D eigenvalue weighted by atomic mass is 10.0. The standard InChI is InChI=1S/C18H29N6O5P/c1-4-28-18(25)15(13(2)3)24-6-5-8-29-30(24,26)12-27-9-7-23-11-22-14-16(19)20-10-21-17(14)23/h10-11,13,15H,4-9,12H2,1-3H3,(H2,19,20,21)/t15-,30-/m0/s1. The van der Waals surface area contributed by atoms with Gasteiger partial charge in [-0.3, -0.25) is 9.36 Å². The number of carbonyl (C=O) groups is 1. The van der Waals surface area contributed by atoms with Crippen LogP contribution in [0.2, 0.25) is 0 Å². The van der Waals surface area contributed by atoms with E-state index < -0.39 is 13.6 Å². The van der Waals surface area contributed by atoms with Gasteiger partial charge in [-0.2, -0.15) is 0 Å². The lowest BCUT2D eigenvalue weighted by molar-refractivity contribution is -0.149. The topological polar surface area (TPSA) is 135 Å². The molecule has 1 aliphatic rings.